The molecule has 0 aromatic rings. The number of rotatable bonds is 8. The highest BCUT2D eigenvalue weighted by molar-refractivity contribution is 6.74. The lowest BCUT2D eigenvalue weighted by Crippen LogP contribution is -2.65. The molecule has 0 saturated heterocycles. The summed E-state index contributed by atoms with van der Waals surface area (Å²) in [5.41, 5.74) is -1.03. The molecule has 3 aliphatic carbocycles. The summed E-state index contributed by atoms with van der Waals surface area (Å²) in [7, 11) is -0.408. The third-order valence-corrected chi connectivity index (χ3v) is 13.4. The molecular formula is C25H42O4Si. The number of hydrogen-bond donors (Lipinski definition) is 0. The average Bonchev–Trinajstić information content (AvgIpc) is 3.24. The molecule has 3 aliphatic rings. The lowest BCUT2D eigenvalue weighted by Gasteiger charge is -2.58. The molecule has 4 nitrogen and oxygen atoms in total. The van der Waals surface area contributed by atoms with Crippen molar-refractivity contribution in [2.45, 2.75) is 71.7 Å². The summed E-state index contributed by atoms with van der Waals surface area (Å²) >= 11 is 0. The van der Waals surface area contributed by atoms with Gasteiger partial charge in [0.2, 0.25) is 0 Å². The number of allylic oxidation sites excluding steroid dienone is 3. The van der Waals surface area contributed by atoms with Crippen LogP contribution in [-0.2, 0) is 18.7 Å². The minimum absolute atomic E-state index is 0.0413. The van der Waals surface area contributed by atoms with Crippen LogP contribution in [0.25, 0.3) is 0 Å². The van der Waals surface area contributed by atoms with Gasteiger partial charge in [0.15, 0.2) is 8.32 Å². The van der Waals surface area contributed by atoms with Crippen molar-refractivity contribution < 1.29 is 18.7 Å². The standard InChI is InChI=1S/C25H42O4Si/c1-10-13-25-19-12-11-18(14-19)20(25)21(29-30(8,9)23(3,4)5)17(2)24(6,22(25)26)15-28-16-27-7/h10-12,17-21H,1,13-16H2,2-9H3/t17-,18+,19-,20-,21-,24-,25-/m0/s1. The molecule has 2 saturated carbocycles. The molecule has 0 spiro atoms. The van der Waals surface area contributed by atoms with Gasteiger partial charge < -0.3 is 13.9 Å². The zero-order valence-electron chi connectivity index (χ0n) is 20.3. The van der Waals surface area contributed by atoms with Crippen LogP contribution in [0.5, 0.6) is 0 Å². The molecule has 30 heavy (non-hydrogen) atoms. The fraction of sp³-hybridized carbons (Fsp3) is 0.800. The lowest BCUT2D eigenvalue weighted by molar-refractivity contribution is -0.179. The second kappa shape index (κ2) is 7.98. The van der Waals surface area contributed by atoms with Crippen LogP contribution in [0.4, 0.5) is 0 Å². The molecule has 0 aromatic carbocycles. The van der Waals surface area contributed by atoms with Gasteiger partial charge in [0.05, 0.1) is 18.1 Å². The molecule has 0 amide bonds. The van der Waals surface area contributed by atoms with Crippen LogP contribution in [0, 0.1) is 34.5 Å². The Morgan fingerprint density at radius 1 is 1.30 bits per heavy atom. The van der Waals surface area contributed by atoms with Crippen molar-refractivity contribution in [3.8, 4) is 0 Å². The number of carbonyl (C=O) groups excluding carboxylic acids is 1. The lowest BCUT2D eigenvalue weighted by atomic mass is 9.48. The zero-order chi connectivity index (χ0) is 22.5. The molecule has 170 valence electrons. The summed E-state index contributed by atoms with van der Waals surface area (Å²) in [5.74, 6) is 1.33. The summed E-state index contributed by atoms with van der Waals surface area (Å²) in [6, 6.07) is 0. The first-order valence-corrected chi connectivity index (χ1v) is 14.4. The Balaban J connectivity index is 2.09. The summed E-state index contributed by atoms with van der Waals surface area (Å²) in [6.07, 6.45) is 8.41. The van der Waals surface area contributed by atoms with Crippen LogP contribution < -0.4 is 0 Å². The second-order valence-corrected chi connectivity index (χ2v) is 16.3. The second-order valence-electron chi connectivity index (χ2n) is 11.6. The minimum atomic E-state index is -2.03. The average molecular weight is 435 g/mol. The number of methoxy groups -OCH3 is 1. The van der Waals surface area contributed by atoms with Crippen LogP contribution in [0.1, 0.15) is 47.5 Å². The van der Waals surface area contributed by atoms with Crippen molar-refractivity contribution in [2.24, 2.45) is 34.5 Å². The van der Waals surface area contributed by atoms with Crippen molar-refractivity contribution in [1.82, 2.24) is 0 Å². The van der Waals surface area contributed by atoms with Crippen molar-refractivity contribution in [3.63, 3.8) is 0 Å². The molecule has 0 aromatic heterocycles. The Hall–Kier alpha value is -0.753. The molecule has 3 rings (SSSR count). The third-order valence-electron chi connectivity index (χ3n) is 8.95. The smallest absolute Gasteiger partial charge is 0.192 e. The Labute approximate surface area is 184 Å². The minimum Gasteiger partial charge on any atom is -0.413 e. The Bertz CT molecular complexity index is 708. The first-order valence-electron chi connectivity index (χ1n) is 11.5. The molecule has 0 heterocycles. The van der Waals surface area contributed by atoms with Gasteiger partial charge in [0.25, 0.3) is 0 Å². The first-order chi connectivity index (χ1) is 13.9. The molecule has 0 aliphatic heterocycles. The van der Waals surface area contributed by atoms with Crippen LogP contribution >= 0.6 is 0 Å². The molecule has 0 unspecified atom stereocenters. The normalized spacial score (nSPS) is 40.7. The van der Waals surface area contributed by atoms with E-state index in [1.807, 2.05) is 6.08 Å². The van der Waals surface area contributed by atoms with Crippen molar-refractivity contribution >= 4 is 14.1 Å². The van der Waals surface area contributed by atoms with Gasteiger partial charge >= 0.3 is 0 Å². The van der Waals surface area contributed by atoms with E-state index in [1.54, 1.807) is 7.11 Å². The van der Waals surface area contributed by atoms with E-state index in [2.05, 4.69) is 66.4 Å². The summed E-state index contributed by atoms with van der Waals surface area (Å²) in [4.78, 5) is 14.3. The molecular weight excluding hydrogens is 392 g/mol. The van der Waals surface area contributed by atoms with Gasteiger partial charge in [-0.25, -0.2) is 0 Å². The molecule has 7 atom stereocenters. The topological polar surface area (TPSA) is 44.8 Å². The third kappa shape index (κ3) is 3.40. The van der Waals surface area contributed by atoms with Crippen LogP contribution in [-0.4, -0.2) is 40.7 Å². The summed E-state index contributed by atoms with van der Waals surface area (Å²) in [6.45, 7) is 20.4. The number of hydrogen-bond acceptors (Lipinski definition) is 4. The Kier molecular flexibility index (Phi) is 6.36. The van der Waals surface area contributed by atoms with Crippen molar-refractivity contribution in [2.75, 3.05) is 20.5 Å². The van der Waals surface area contributed by atoms with E-state index in [4.69, 9.17) is 13.9 Å². The molecule has 0 N–H and O–H groups in total. The maximum absolute atomic E-state index is 14.3. The van der Waals surface area contributed by atoms with Gasteiger partial charge in [0.1, 0.15) is 12.6 Å². The fourth-order valence-electron chi connectivity index (χ4n) is 6.12. The van der Waals surface area contributed by atoms with E-state index < -0.39 is 19.1 Å². The highest BCUT2D eigenvalue weighted by Gasteiger charge is 2.70. The molecule has 0 radical (unpaired) electrons. The highest BCUT2D eigenvalue weighted by Crippen LogP contribution is 2.67. The molecule has 2 bridgehead atoms. The van der Waals surface area contributed by atoms with E-state index in [-0.39, 0.29) is 35.7 Å². The number of Topliss-reactive ketones (excluding diaryl/α,β-unsaturated/α-hetero) is 1. The van der Waals surface area contributed by atoms with Gasteiger partial charge in [-0.05, 0) is 48.7 Å². The van der Waals surface area contributed by atoms with E-state index in [0.717, 1.165) is 6.42 Å². The number of fused-ring (bicyclic) bond motifs is 5. The Morgan fingerprint density at radius 2 is 1.97 bits per heavy atom. The number of carbonyl (C=O) groups is 1. The monoisotopic (exact) mass is 434 g/mol. The maximum Gasteiger partial charge on any atom is 0.192 e. The van der Waals surface area contributed by atoms with Gasteiger partial charge in [0, 0.05) is 18.4 Å². The first kappa shape index (κ1) is 23.9. The van der Waals surface area contributed by atoms with Crippen molar-refractivity contribution in [1.29, 1.82) is 0 Å². The predicted molar refractivity (Wildman–Crippen MR) is 124 cm³/mol. The summed E-state index contributed by atoms with van der Waals surface area (Å²) in [5, 5.41) is 0.117. The van der Waals surface area contributed by atoms with Gasteiger partial charge in [-0.1, -0.05) is 52.8 Å². The predicted octanol–water partition coefficient (Wildman–Crippen LogP) is 5.61. The van der Waals surface area contributed by atoms with Gasteiger partial charge in [-0.2, -0.15) is 0 Å². The van der Waals surface area contributed by atoms with Gasteiger partial charge in [-0.3, -0.25) is 4.79 Å². The van der Waals surface area contributed by atoms with E-state index in [9.17, 15) is 4.79 Å². The zero-order valence-corrected chi connectivity index (χ0v) is 21.3. The van der Waals surface area contributed by atoms with Crippen LogP contribution in [0.2, 0.25) is 18.1 Å². The van der Waals surface area contributed by atoms with E-state index in [1.165, 1.54) is 0 Å². The quantitative estimate of drug-likeness (QED) is 0.216. The largest absolute Gasteiger partial charge is 0.413 e. The molecule has 2 fully saturated rings. The Morgan fingerprint density at radius 3 is 2.53 bits per heavy atom. The molecule has 5 heteroatoms. The highest BCUT2D eigenvalue weighted by atomic mass is 28.4. The number of ether oxygens (including phenoxy) is 2. The van der Waals surface area contributed by atoms with Crippen molar-refractivity contribution in [3.05, 3.63) is 24.8 Å². The SMILES string of the molecule is C=CC[C@@]12C(=O)[C@@](C)(COCOC)[C@@H](C)[C@H](O[Si](C)(C)C(C)(C)C)[C@@H]1[C@@H]1C=C[C@H]2C1. The fourth-order valence-corrected chi connectivity index (χ4v) is 7.50. The van der Waals surface area contributed by atoms with E-state index in [0.29, 0.717) is 24.7 Å². The van der Waals surface area contributed by atoms with Gasteiger partial charge in [-0.15, -0.1) is 6.58 Å². The maximum atomic E-state index is 14.3. The van der Waals surface area contributed by atoms with Crippen LogP contribution in [0.3, 0.4) is 0 Å². The van der Waals surface area contributed by atoms with Crippen LogP contribution in [0.15, 0.2) is 24.8 Å². The summed E-state index contributed by atoms with van der Waals surface area (Å²) < 4.78 is 18.1. The van der Waals surface area contributed by atoms with E-state index >= 15 is 0 Å². The number of ketones is 1.